The molecule has 1 amide bonds. The highest BCUT2D eigenvalue weighted by Gasteiger charge is 2.29. The molecule has 2 aromatic rings. The molecule has 9 heteroatoms. The van der Waals surface area contributed by atoms with Gasteiger partial charge in [-0.05, 0) is 24.6 Å². The molecule has 0 aliphatic carbocycles. The van der Waals surface area contributed by atoms with E-state index in [1.54, 1.807) is 7.11 Å². The van der Waals surface area contributed by atoms with Crippen molar-refractivity contribution in [2.45, 2.75) is 18.6 Å². The Morgan fingerprint density at radius 3 is 2.89 bits per heavy atom. The number of benzene rings is 1. The van der Waals surface area contributed by atoms with Crippen molar-refractivity contribution in [2.24, 2.45) is 0 Å². The lowest BCUT2D eigenvalue weighted by Crippen LogP contribution is -2.37. The summed E-state index contributed by atoms with van der Waals surface area (Å²) in [5, 5.41) is 2.91. The number of amides is 1. The van der Waals surface area contributed by atoms with Crippen molar-refractivity contribution >= 4 is 11.6 Å². The lowest BCUT2D eigenvalue weighted by Gasteiger charge is -2.19. The van der Waals surface area contributed by atoms with Crippen molar-refractivity contribution in [3.8, 4) is 11.6 Å². The van der Waals surface area contributed by atoms with Gasteiger partial charge in [0, 0.05) is 48.7 Å². The normalized spacial score (nSPS) is 16.7. The molecule has 1 saturated heterocycles. The molecule has 1 unspecified atom stereocenters. The van der Waals surface area contributed by atoms with Gasteiger partial charge >= 0.3 is 6.18 Å². The molecule has 1 aliphatic heterocycles. The molecule has 1 aromatic carbocycles. The minimum Gasteiger partial charge on any atom is -0.497 e. The van der Waals surface area contributed by atoms with E-state index in [-0.39, 0.29) is 23.4 Å². The summed E-state index contributed by atoms with van der Waals surface area (Å²) >= 11 is 0. The molecule has 0 spiro atoms. The second-order valence-electron chi connectivity index (χ2n) is 6.39. The van der Waals surface area contributed by atoms with Gasteiger partial charge in [-0.15, -0.1) is 0 Å². The number of hydrogen-bond donors (Lipinski definition) is 1. The zero-order chi connectivity index (χ0) is 20.1. The minimum absolute atomic E-state index is 0.0774. The molecule has 28 heavy (non-hydrogen) atoms. The molecule has 1 aromatic heterocycles. The second-order valence-corrected chi connectivity index (χ2v) is 6.39. The van der Waals surface area contributed by atoms with E-state index in [2.05, 4.69) is 19.9 Å². The highest BCUT2D eigenvalue weighted by Crippen LogP contribution is 2.25. The first-order chi connectivity index (χ1) is 13.3. The Hall–Kier alpha value is -2.97. The molecule has 1 fully saturated rings. The Morgan fingerprint density at radius 1 is 1.32 bits per heavy atom. The topological polar surface area (TPSA) is 63.7 Å². The third kappa shape index (κ3) is 5.28. The molecule has 1 N–H and O–H groups in total. The van der Waals surface area contributed by atoms with E-state index in [0.29, 0.717) is 6.54 Å². The van der Waals surface area contributed by atoms with Gasteiger partial charge < -0.3 is 19.7 Å². The first kappa shape index (κ1) is 19.8. The van der Waals surface area contributed by atoms with E-state index < -0.39 is 12.8 Å². The average Bonchev–Trinajstić information content (AvgIpc) is 3.14. The zero-order valence-electron chi connectivity index (χ0n) is 15.2. The molecular formula is C19H20F3N3O3. The average molecular weight is 395 g/mol. The number of nitrogens with one attached hydrogen (secondary N) is 1. The van der Waals surface area contributed by atoms with Crippen molar-refractivity contribution in [3.63, 3.8) is 0 Å². The van der Waals surface area contributed by atoms with Crippen LogP contribution in [0.1, 0.15) is 16.8 Å². The molecule has 150 valence electrons. The fourth-order valence-corrected chi connectivity index (χ4v) is 2.97. The first-order valence-electron chi connectivity index (χ1n) is 8.69. The van der Waals surface area contributed by atoms with Crippen LogP contribution in [0.4, 0.5) is 18.9 Å². The van der Waals surface area contributed by atoms with Gasteiger partial charge in [0.05, 0.1) is 7.11 Å². The Bertz CT molecular complexity index is 829. The molecule has 2 heterocycles. The summed E-state index contributed by atoms with van der Waals surface area (Å²) in [5.41, 5.74) is 1.20. The molecule has 1 atom stereocenters. The summed E-state index contributed by atoms with van der Waals surface area (Å²) in [7, 11) is 1.60. The van der Waals surface area contributed by atoms with Gasteiger partial charge in [-0.1, -0.05) is 6.07 Å². The predicted molar refractivity (Wildman–Crippen MR) is 96.9 cm³/mol. The van der Waals surface area contributed by atoms with Gasteiger partial charge in [-0.2, -0.15) is 13.2 Å². The van der Waals surface area contributed by atoms with Crippen LogP contribution in [0.5, 0.6) is 11.6 Å². The van der Waals surface area contributed by atoms with Crippen molar-refractivity contribution in [1.29, 1.82) is 0 Å². The summed E-state index contributed by atoms with van der Waals surface area (Å²) in [4.78, 5) is 18.3. The predicted octanol–water partition coefficient (Wildman–Crippen LogP) is 3.04. The molecule has 3 rings (SSSR count). The maximum atomic E-state index is 12.4. The van der Waals surface area contributed by atoms with Gasteiger partial charge in [-0.3, -0.25) is 4.79 Å². The number of carbonyl (C=O) groups excluding carboxylic acids is 1. The first-order valence-corrected chi connectivity index (χ1v) is 8.69. The van der Waals surface area contributed by atoms with E-state index in [1.165, 1.54) is 18.3 Å². The standard InChI is InChI=1S/C19H20F3N3O3/c1-27-16-4-2-3-15(10-16)25-8-6-14(11-25)24-18(26)13-5-7-23-17(9-13)28-12-19(20,21)22/h2-5,7,9-10,14H,6,8,11-12H2,1H3,(H,24,26). The van der Waals surface area contributed by atoms with Crippen LogP contribution < -0.4 is 19.7 Å². The number of ether oxygens (including phenoxy) is 2. The Kier molecular flexibility index (Phi) is 5.91. The van der Waals surface area contributed by atoms with E-state index in [0.717, 1.165) is 24.4 Å². The van der Waals surface area contributed by atoms with Crippen LogP contribution >= 0.6 is 0 Å². The van der Waals surface area contributed by atoms with Gasteiger partial charge in [0.25, 0.3) is 5.91 Å². The Balaban J connectivity index is 1.58. The van der Waals surface area contributed by atoms with Gasteiger partial charge in [-0.25, -0.2) is 4.98 Å². The minimum atomic E-state index is -4.46. The highest BCUT2D eigenvalue weighted by atomic mass is 19.4. The van der Waals surface area contributed by atoms with Gasteiger partial charge in [0.1, 0.15) is 5.75 Å². The molecule has 1 aliphatic rings. The maximum absolute atomic E-state index is 12.4. The monoisotopic (exact) mass is 395 g/mol. The summed E-state index contributed by atoms with van der Waals surface area (Å²) in [5.74, 6) is 0.138. The number of anilines is 1. The summed E-state index contributed by atoms with van der Waals surface area (Å²) in [6.07, 6.45) is -2.46. The quantitative estimate of drug-likeness (QED) is 0.815. The Morgan fingerprint density at radius 2 is 2.14 bits per heavy atom. The molecule has 6 nitrogen and oxygen atoms in total. The fraction of sp³-hybridized carbons (Fsp3) is 0.368. The number of rotatable bonds is 6. The number of nitrogens with zero attached hydrogens (tertiary/aromatic N) is 2. The third-order valence-corrected chi connectivity index (χ3v) is 4.32. The van der Waals surface area contributed by atoms with Crippen molar-refractivity contribution in [1.82, 2.24) is 10.3 Å². The largest absolute Gasteiger partial charge is 0.497 e. The van der Waals surface area contributed by atoms with E-state index in [9.17, 15) is 18.0 Å². The number of pyridine rings is 1. The number of hydrogen-bond acceptors (Lipinski definition) is 5. The zero-order valence-corrected chi connectivity index (χ0v) is 15.2. The fourth-order valence-electron chi connectivity index (χ4n) is 2.97. The summed E-state index contributed by atoms with van der Waals surface area (Å²) in [6.45, 7) is -0.0565. The summed E-state index contributed by atoms with van der Waals surface area (Å²) in [6, 6.07) is 10.2. The van der Waals surface area contributed by atoms with Crippen LogP contribution in [0.2, 0.25) is 0 Å². The number of aromatic nitrogens is 1. The van der Waals surface area contributed by atoms with E-state index in [1.807, 2.05) is 24.3 Å². The number of halogens is 3. The number of alkyl halides is 3. The van der Waals surface area contributed by atoms with E-state index in [4.69, 9.17) is 4.74 Å². The SMILES string of the molecule is COc1cccc(N2CCC(NC(=O)c3ccnc(OCC(F)(F)F)c3)C2)c1. The van der Waals surface area contributed by atoms with E-state index >= 15 is 0 Å². The maximum Gasteiger partial charge on any atom is 0.422 e. The number of carbonyl (C=O) groups is 1. The molecule has 0 saturated carbocycles. The van der Waals surface area contributed by atoms with Gasteiger partial charge in [0.2, 0.25) is 5.88 Å². The van der Waals surface area contributed by atoms with Crippen LogP contribution in [0.25, 0.3) is 0 Å². The highest BCUT2D eigenvalue weighted by molar-refractivity contribution is 5.94. The van der Waals surface area contributed by atoms with Crippen LogP contribution in [0.15, 0.2) is 42.6 Å². The Labute approximate surface area is 160 Å². The summed E-state index contributed by atoms with van der Waals surface area (Å²) < 4.78 is 46.6. The van der Waals surface area contributed by atoms with Crippen molar-refractivity contribution < 1.29 is 27.4 Å². The third-order valence-electron chi connectivity index (χ3n) is 4.32. The van der Waals surface area contributed by atoms with Crippen molar-refractivity contribution in [3.05, 3.63) is 48.2 Å². The molecular weight excluding hydrogens is 375 g/mol. The smallest absolute Gasteiger partial charge is 0.422 e. The molecule has 0 radical (unpaired) electrons. The second kappa shape index (κ2) is 8.37. The van der Waals surface area contributed by atoms with Gasteiger partial charge in [0.15, 0.2) is 6.61 Å². The van der Waals surface area contributed by atoms with Crippen LogP contribution in [0, 0.1) is 0 Å². The van der Waals surface area contributed by atoms with Crippen LogP contribution in [0.3, 0.4) is 0 Å². The van der Waals surface area contributed by atoms with Crippen LogP contribution in [-0.4, -0.2) is 49.9 Å². The van der Waals surface area contributed by atoms with Crippen LogP contribution in [-0.2, 0) is 0 Å². The lowest BCUT2D eigenvalue weighted by atomic mass is 10.2. The molecule has 0 bridgehead atoms. The number of methoxy groups -OCH3 is 1. The lowest BCUT2D eigenvalue weighted by molar-refractivity contribution is -0.154. The van der Waals surface area contributed by atoms with Crippen molar-refractivity contribution in [2.75, 3.05) is 31.7 Å².